The maximum atomic E-state index is 13.1. The molecule has 0 amide bonds. The second kappa shape index (κ2) is 5.49. The zero-order chi connectivity index (χ0) is 14.0. The lowest BCUT2D eigenvalue weighted by Gasteiger charge is -2.51. The third-order valence-electron chi connectivity index (χ3n) is 4.95. The largest absolute Gasteiger partial charge is 0.367 e. The van der Waals surface area contributed by atoms with Crippen LogP contribution in [0.4, 0.5) is 10.1 Å². The Bertz CT molecular complexity index is 417. The van der Waals surface area contributed by atoms with Crippen molar-refractivity contribution in [1.29, 1.82) is 0 Å². The Morgan fingerprint density at radius 3 is 2.47 bits per heavy atom. The predicted molar refractivity (Wildman–Crippen MR) is 78.8 cm³/mol. The molecule has 1 aromatic rings. The first-order valence-electron chi connectivity index (χ1n) is 7.19. The van der Waals surface area contributed by atoms with Crippen LogP contribution in [-0.2, 0) is 0 Å². The first kappa shape index (κ1) is 14.3. The number of rotatable bonds is 3. The summed E-state index contributed by atoms with van der Waals surface area (Å²) in [5.74, 6) is 1.07. The summed E-state index contributed by atoms with van der Waals surface area (Å²) in [4.78, 5) is 2.27. The van der Waals surface area contributed by atoms with Crippen molar-refractivity contribution in [1.82, 2.24) is 0 Å². The number of nitrogens with zero attached hydrogens (tertiary/aromatic N) is 1. The predicted octanol–water partition coefficient (Wildman–Crippen LogP) is 3.42. The van der Waals surface area contributed by atoms with Gasteiger partial charge in [-0.15, -0.1) is 0 Å². The Kier molecular flexibility index (Phi) is 4.14. The van der Waals surface area contributed by atoms with E-state index in [2.05, 4.69) is 25.8 Å². The van der Waals surface area contributed by atoms with Gasteiger partial charge >= 0.3 is 0 Å². The van der Waals surface area contributed by atoms with Gasteiger partial charge in [-0.3, -0.25) is 0 Å². The lowest BCUT2D eigenvalue weighted by molar-refractivity contribution is 0.162. The molecule has 2 nitrogen and oxygen atoms in total. The van der Waals surface area contributed by atoms with Crippen molar-refractivity contribution in [2.45, 2.75) is 38.6 Å². The topological polar surface area (TPSA) is 29.3 Å². The minimum atomic E-state index is -0.191. The molecule has 3 atom stereocenters. The Morgan fingerprint density at radius 1 is 1.26 bits per heavy atom. The van der Waals surface area contributed by atoms with Gasteiger partial charge in [-0.25, -0.2) is 4.39 Å². The van der Waals surface area contributed by atoms with Crippen molar-refractivity contribution in [3.8, 4) is 0 Å². The Hall–Kier alpha value is -1.09. The maximum absolute atomic E-state index is 13.1. The van der Waals surface area contributed by atoms with Gasteiger partial charge in [0.25, 0.3) is 0 Å². The first-order chi connectivity index (χ1) is 8.99. The summed E-state index contributed by atoms with van der Waals surface area (Å²) >= 11 is 0. The van der Waals surface area contributed by atoms with E-state index in [1.54, 1.807) is 0 Å². The molecular formula is C16H25FN2. The van der Waals surface area contributed by atoms with Crippen LogP contribution in [0.3, 0.4) is 0 Å². The molecule has 0 heterocycles. The third kappa shape index (κ3) is 2.62. The number of likely N-dealkylation sites (N-methyl/N-ethyl adjacent to an activating group) is 1. The molecule has 1 saturated carbocycles. The molecule has 0 aliphatic heterocycles. The highest BCUT2D eigenvalue weighted by molar-refractivity contribution is 5.49. The summed E-state index contributed by atoms with van der Waals surface area (Å²) in [5, 5.41) is 0. The van der Waals surface area contributed by atoms with Crippen LogP contribution >= 0.6 is 0 Å². The summed E-state index contributed by atoms with van der Waals surface area (Å²) in [5.41, 5.74) is 7.19. The summed E-state index contributed by atoms with van der Waals surface area (Å²) in [7, 11) is 2.09. The van der Waals surface area contributed by atoms with Crippen molar-refractivity contribution in [2.75, 3.05) is 18.5 Å². The van der Waals surface area contributed by atoms with E-state index >= 15 is 0 Å². The van der Waals surface area contributed by atoms with Gasteiger partial charge in [-0.05, 0) is 48.9 Å². The number of benzene rings is 1. The van der Waals surface area contributed by atoms with Crippen molar-refractivity contribution < 1.29 is 4.39 Å². The number of nitrogens with two attached hydrogens (primary N) is 1. The molecule has 0 saturated heterocycles. The molecular weight excluding hydrogens is 239 g/mol. The Morgan fingerprint density at radius 2 is 1.89 bits per heavy atom. The number of anilines is 1. The molecule has 0 aromatic heterocycles. The molecule has 106 valence electrons. The molecule has 1 fully saturated rings. The number of hydrogen-bond acceptors (Lipinski definition) is 2. The standard InChI is InChI=1S/C16H25FN2/c1-12-4-5-13(2)16(10-12,11-18)19(3)15-8-6-14(17)7-9-15/h6-9,12-13H,4-5,10-11,18H2,1-3H3. The SMILES string of the molecule is CC1CCC(C)C(CN)(N(C)c2ccc(F)cc2)C1. The van der Waals surface area contributed by atoms with E-state index in [0.717, 1.165) is 12.1 Å². The van der Waals surface area contributed by atoms with Crippen LogP contribution in [0.2, 0.25) is 0 Å². The van der Waals surface area contributed by atoms with E-state index in [4.69, 9.17) is 5.73 Å². The molecule has 19 heavy (non-hydrogen) atoms. The first-order valence-corrected chi connectivity index (χ1v) is 7.19. The maximum Gasteiger partial charge on any atom is 0.123 e. The molecule has 1 aliphatic carbocycles. The van der Waals surface area contributed by atoms with Gasteiger partial charge in [0.2, 0.25) is 0 Å². The van der Waals surface area contributed by atoms with Crippen LogP contribution in [0.15, 0.2) is 24.3 Å². The molecule has 0 radical (unpaired) electrons. The molecule has 1 aliphatic rings. The summed E-state index contributed by atoms with van der Waals surface area (Å²) in [6.45, 7) is 5.24. The van der Waals surface area contributed by atoms with Gasteiger partial charge < -0.3 is 10.6 Å². The highest BCUT2D eigenvalue weighted by Gasteiger charge is 2.42. The number of hydrogen-bond donors (Lipinski definition) is 1. The third-order valence-corrected chi connectivity index (χ3v) is 4.95. The molecule has 0 spiro atoms. The van der Waals surface area contributed by atoms with Crippen LogP contribution in [-0.4, -0.2) is 19.1 Å². The van der Waals surface area contributed by atoms with Crippen LogP contribution < -0.4 is 10.6 Å². The van der Waals surface area contributed by atoms with Crippen molar-refractivity contribution in [3.63, 3.8) is 0 Å². The average Bonchev–Trinajstić information content (AvgIpc) is 2.41. The van der Waals surface area contributed by atoms with Gasteiger partial charge in [-0.1, -0.05) is 20.3 Å². The molecule has 2 rings (SSSR count). The van der Waals surface area contributed by atoms with Crippen LogP contribution in [0, 0.1) is 17.7 Å². The van der Waals surface area contributed by atoms with Crippen LogP contribution in [0.1, 0.15) is 33.1 Å². The summed E-state index contributed by atoms with van der Waals surface area (Å²) in [6, 6.07) is 6.73. The van der Waals surface area contributed by atoms with Gasteiger partial charge in [0.15, 0.2) is 0 Å². The molecule has 2 N–H and O–H groups in total. The smallest absolute Gasteiger partial charge is 0.123 e. The van der Waals surface area contributed by atoms with E-state index in [1.807, 2.05) is 12.1 Å². The van der Waals surface area contributed by atoms with Gasteiger partial charge in [0.1, 0.15) is 5.82 Å². The zero-order valence-corrected chi connectivity index (χ0v) is 12.2. The normalized spacial score (nSPS) is 31.2. The van der Waals surface area contributed by atoms with Crippen LogP contribution in [0.25, 0.3) is 0 Å². The monoisotopic (exact) mass is 264 g/mol. The Balaban J connectivity index is 2.31. The second-order valence-electron chi connectivity index (χ2n) is 6.13. The van der Waals surface area contributed by atoms with Crippen molar-refractivity contribution in [2.24, 2.45) is 17.6 Å². The van der Waals surface area contributed by atoms with E-state index in [-0.39, 0.29) is 11.4 Å². The zero-order valence-electron chi connectivity index (χ0n) is 12.2. The molecule has 0 bridgehead atoms. The highest BCUT2D eigenvalue weighted by Crippen LogP contribution is 2.41. The van der Waals surface area contributed by atoms with Crippen molar-refractivity contribution in [3.05, 3.63) is 30.1 Å². The fourth-order valence-corrected chi connectivity index (χ4v) is 3.52. The fourth-order valence-electron chi connectivity index (χ4n) is 3.52. The summed E-state index contributed by atoms with van der Waals surface area (Å²) in [6.07, 6.45) is 3.60. The summed E-state index contributed by atoms with van der Waals surface area (Å²) < 4.78 is 13.1. The fraction of sp³-hybridized carbons (Fsp3) is 0.625. The van der Waals surface area contributed by atoms with E-state index < -0.39 is 0 Å². The van der Waals surface area contributed by atoms with Gasteiger partial charge in [0.05, 0.1) is 5.54 Å². The van der Waals surface area contributed by atoms with Gasteiger partial charge in [0, 0.05) is 19.3 Å². The molecule has 3 heteroatoms. The van der Waals surface area contributed by atoms with E-state index in [0.29, 0.717) is 18.4 Å². The number of halogens is 1. The minimum absolute atomic E-state index is 0.00447. The van der Waals surface area contributed by atoms with Crippen LogP contribution in [0.5, 0.6) is 0 Å². The van der Waals surface area contributed by atoms with Gasteiger partial charge in [-0.2, -0.15) is 0 Å². The second-order valence-corrected chi connectivity index (χ2v) is 6.13. The lowest BCUT2D eigenvalue weighted by Crippen LogP contribution is -2.59. The molecule has 1 aromatic carbocycles. The highest BCUT2D eigenvalue weighted by atomic mass is 19.1. The van der Waals surface area contributed by atoms with E-state index in [9.17, 15) is 4.39 Å². The lowest BCUT2D eigenvalue weighted by atomic mass is 9.68. The van der Waals surface area contributed by atoms with E-state index in [1.165, 1.54) is 25.0 Å². The van der Waals surface area contributed by atoms with Crippen molar-refractivity contribution >= 4 is 5.69 Å². The average molecular weight is 264 g/mol. The quantitative estimate of drug-likeness (QED) is 0.906. The minimum Gasteiger partial charge on any atom is -0.367 e. The molecule has 3 unspecified atom stereocenters. The Labute approximate surface area is 115 Å².